The lowest BCUT2D eigenvalue weighted by Crippen LogP contribution is -2.58. The van der Waals surface area contributed by atoms with Crippen LogP contribution < -0.4 is 16.1 Å². The van der Waals surface area contributed by atoms with E-state index in [1.807, 2.05) is 11.8 Å². The van der Waals surface area contributed by atoms with E-state index in [1.54, 1.807) is 11.0 Å². The van der Waals surface area contributed by atoms with Crippen LogP contribution in [0.4, 0.5) is 23.7 Å². The lowest BCUT2D eigenvalue weighted by atomic mass is 10.1. The summed E-state index contributed by atoms with van der Waals surface area (Å²) in [5.41, 5.74) is 8.92. The molecule has 180 valence electrons. The molecule has 1 unspecified atom stereocenters. The van der Waals surface area contributed by atoms with E-state index in [-0.39, 0.29) is 12.1 Å². The summed E-state index contributed by atoms with van der Waals surface area (Å²) in [5.74, 6) is -0.565. The van der Waals surface area contributed by atoms with Crippen LogP contribution in [-0.4, -0.2) is 71.6 Å². The zero-order valence-electron chi connectivity index (χ0n) is 18.5. The van der Waals surface area contributed by atoms with E-state index in [0.717, 1.165) is 37.6 Å². The Balaban J connectivity index is 1.42. The molecule has 0 radical (unpaired) electrons. The number of carbonyl (C=O) groups excluding carboxylic acids is 2. The lowest BCUT2D eigenvalue weighted by Gasteiger charge is -2.41. The molecule has 2 atom stereocenters. The van der Waals surface area contributed by atoms with Gasteiger partial charge >= 0.3 is 12.2 Å². The van der Waals surface area contributed by atoms with E-state index in [1.165, 1.54) is 23.4 Å². The summed E-state index contributed by atoms with van der Waals surface area (Å²) in [6, 6.07) is 2.91. The fourth-order valence-electron chi connectivity index (χ4n) is 4.65. The molecule has 0 bridgehead atoms. The van der Waals surface area contributed by atoms with Crippen molar-refractivity contribution in [3.05, 3.63) is 41.6 Å². The maximum absolute atomic E-state index is 13.3. The Hall–Kier alpha value is -2.79. The van der Waals surface area contributed by atoms with E-state index in [0.29, 0.717) is 31.9 Å². The first kappa shape index (κ1) is 23.4. The van der Waals surface area contributed by atoms with Crippen molar-refractivity contribution in [3.63, 3.8) is 0 Å². The summed E-state index contributed by atoms with van der Waals surface area (Å²) < 4.78 is 39.9. The number of primary amides is 1. The van der Waals surface area contributed by atoms with Gasteiger partial charge in [-0.1, -0.05) is 6.07 Å². The molecule has 3 aliphatic rings. The standard InChI is InChI=1S/C22H29F3N6O2/c1-15-13-28(10-11-30(15)21(33)31-9-6-18(27-31)20(26)32)14-16-4-5-17(22(23,24)25)12-19(16)29-7-2-3-8-29/h4-6,9,12,15,18,27H,2-3,7-8,10-11,13-14H2,1H3,(H2,26,32)/t15-,18?/m1/s1. The van der Waals surface area contributed by atoms with Gasteiger partial charge in [0.2, 0.25) is 5.91 Å². The lowest BCUT2D eigenvalue weighted by molar-refractivity contribution is -0.137. The molecule has 3 aliphatic heterocycles. The minimum atomic E-state index is -4.38. The molecule has 0 aromatic heterocycles. The number of nitrogens with zero attached hydrogens (tertiary/aromatic N) is 4. The van der Waals surface area contributed by atoms with Crippen molar-refractivity contribution >= 4 is 17.6 Å². The summed E-state index contributed by atoms with van der Waals surface area (Å²) >= 11 is 0. The zero-order chi connectivity index (χ0) is 23.8. The molecule has 3 heterocycles. The molecule has 8 nitrogen and oxygen atoms in total. The number of hydrogen-bond acceptors (Lipinski definition) is 5. The zero-order valence-corrected chi connectivity index (χ0v) is 18.5. The molecule has 0 spiro atoms. The van der Waals surface area contributed by atoms with E-state index in [4.69, 9.17) is 5.73 Å². The highest BCUT2D eigenvalue weighted by Gasteiger charge is 2.35. The number of anilines is 1. The molecule has 0 aliphatic carbocycles. The smallest absolute Gasteiger partial charge is 0.371 e. The fourth-order valence-corrected chi connectivity index (χ4v) is 4.65. The van der Waals surface area contributed by atoms with Gasteiger partial charge in [-0.3, -0.25) is 9.69 Å². The number of benzene rings is 1. The Kier molecular flexibility index (Phi) is 6.53. The average molecular weight is 467 g/mol. The Labute approximate surface area is 190 Å². The van der Waals surface area contributed by atoms with Crippen LogP contribution in [-0.2, 0) is 17.5 Å². The highest BCUT2D eigenvalue weighted by Crippen LogP contribution is 2.35. The van der Waals surface area contributed by atoms with E-state index in [2.05, 4.69) is 10.3 Å². The average Bonchev–Trinajstić information content (AvgIpc) is 3.45. The van der Waals surface area contributed by atoms with Crippen molar-refractivity contribution in [3.8, 4) is 0 Å². The van der Waals surface area contributed by atoms with Gasteiger partial charge in [0.05, 0.1) is 5.56 Å². The van der Waals surface area contributed by atoms with Crippen LogP contribution in [0.5, 0.6) is 0 Å². The number of piperazine rings is 1. The number of nitrogens with two attached hydrogens (primary N) is 1. The van der Waals surface area contributed by atoms with Crippen LogP contribution in [0.25, 0.3) is 0 Å². The summed E-state index contributed by atoms with van der Waals surface area (Å²) in [6.07, 6.45) is 0.609. The number of carbonyl (C=O) groups is 2. The Morgan fingerprint density at radius 2 is 1.88 bits per heavy atom. The van der Waals surface area contributed by atoms with Crippen LogP contribution in [0.15, 0.2) is 30.5 Å². The van der Waals surface area contributed by atoms with Crippen molar-refractivity contribution in [2.75, 3.05) is 37.6 Å². The third kappa shape index (κ3) is 5.09. The largest absolute Gasteiger partial charge is 0.416 e. The van der Waals surface area contributed by atoms with Gasteiger partial charge in [0, 0.05) is 57.2 Å². The predicted octanol–water partition coefficient (Wildman–Crippen LogP) is 2.12. The Bertz CT molecular complexity index is 931. The predicted molar refractivity (Wildman–Crippen MR) is 117 cm³/mol. The molecule has 0 saturated carbocycles. The number of rotatable bonds is 4. The van der Waals surface area contributed by atoms with Gasteiger partial charge in [-0.2, -0.15) is 13.2 Å². The normalized spacial score (nSPS) is 24.1. The first-order chi connectivity index (χ1) is 15.6. The van der Waals surface area contributed by atoms with Crippen molar-refractivity contribution in [1.29, 1.82) is 0 Å². The third-order valence-electron chi connectivity index (χ3n) is 6.43. The number of hydrazine groups is 1. The van der Waals surface area contributed by atoms with Crippen molar-refractivity contribution < 1.29 is 22.8 Å². The highest BCUT2D eigenvalue weighted by atomic mass is 19.4. The summed E-state index contributed by atoms with van der Waals surface area (Å²) in [7, 11) is 0. The van der Waals surface area contributed by atoms with Gasteiger partial charge in [-0.15, -0.1) is 0 Å². The van der Waals surface area contributed by atoms with Crippen molar-refractivity contribution in [2.45, 2.75) is 44.6 Å². The molecule has 1 aromatic rings. The number of amides is 3. The number of halogens is 3. The minimum absolute atomic E-state index is 0.112. The molecular weight excluding hydrogens is 437 g/mol. The second-order valence-electron chi connectivity index (χ2n) is 8.82. The summed E-state index contributed by atoms with van der Waals surface area (Å²) in [5, 5.41) is 1.27. The van der Waals surface area contributed by atoms with E-state index < -0.39 is 23.7 Å². The van der Waals surface area contributed by atoms with Crippen LogP contribution >= 0.6 is 0 Å². The highest BCUT2D eigenvalue weighted by molar-refractivity contribution is 5.84. The third-order valence-corrected chi connectivity index (χ3v) is 6.43. The summed E-state index contributed by atoms with van der Waals surface area (Å²) in [4.78, 5) is 30.1. The number of alkyl halides is 3. The first-order valence-electron chi connectivity index (χ1n) is 11.1. The summed E-state index contributed by atoms with van der Waals surface area (Å²) in [6.45, 7) is 5.61. The van der Waals surface area contributed by atoms with Gasteiger partial charge in [0.1, 0.15) is 6.04 Å². The molecule has 3 N–H and O–H groups in total. The molecule has 4 rings (SSSR count). The van der Waals surface area contributed by atoms with Crippen LogP contribution in [0.3, 0.4) is 0 Å². The van der Waals surface area contributed by atoms with Crippen molar-refractivity contribution in [2.24, 2.45) is 5.73 Å². The molecule has 3 amide bonds. The topological polar surface area (TPSA) is 85.2 Å². The SMILES string of the molecule is C[C@@H]1CN(Cc2ccc(C(F)(F)F)cc2N2CCCC2)CCN1C(=O)N1C=CC(C(N)=O)N1. The van der Waals surface area contributed by atoms with Gasteiger partial charge in [-0.25, -0.2) is 15.2 Å². The molecule has 1 aromatic carbocycles. The van der Waals surface area contributed by atoms with Gasteiger partial charge in [-0.05, 0) is 43.5 Å². The minimum Gasteiger partial charge on any atom is -0.371 e. The van der Waals surface area contributed by atoms with E-state index >= 15 is 0 Å². The molecule has 33 heavy (non-hydrogen) atoms. The van der Waals surface area contributed by atoms with Crippen LogP contribution in [0.2, 0.25) is 0 Å². The monoisotopic (exact) mass is 466 g/mol. The maximum atomic E-state index is 13.3. The second-order valence-corrected chi connectivity index (χ2v) is 8.82. The van der Waals surface area contributed by atoms with Gasteiger partial charge in [0.25, 0.3) is 0 Å². The molecule has 11 heteroatoms. The number of hydrogen-bond donors (Lipinski definition) is 2. The molecular formula is C22H29F3N6O2. The van der Waals surface area contributed by atoms with Gasteiger partial charge in [0.15, 0.2) is 0 Å². The van der Waals surface area contributed by atoms with Crippen LogP contribution in [0.1, 0.15) is 30.9 Å². The van der Waals surface area contributed by atoms with Gasteiger partial charge < -0.3 is 15.5 Å². The fraction of sp³-hybridized carbons (Fsp3) is 0.545. The Morgan fingerprint density at radius 3 is 2.48 bits per heavy atom. The quantitative estimate of drug-likeness (QED) is 0.710. The molecule has 2 fully saturated rings. The number of urea groups is 1. The number of nitrogens with one attached hydrogen (secondary N) is 1. The second kappa shape index (κ2) is 9.22. The Morgan fingerprint density at radius 1 is 1.15 bits per heavy atom. The first-order valence-corrected chi connectivity index (χ1v) is 11.1. The molecule has 2 saturated heterocycles. The van der Waals surface area contributed by atoms with Crippen molar-refractivity contribution in [1.82, 2.24) is 20.2 Å². The van der Waals surface area contributed by atoms with E-state index in [9.17, 15) is 22.8 Å². The van der Waals surface area contributed by atoms with Crippen LogP contribution in [0, 0.1) is 0 Å². The maximum Gasteiger partial charge on any atom is 0.416 e.